The lowest BCUT2D eigenvalue weighted by molar-refractivity contribution is 0.387. The number of methoxy groups -OCH3 is 1. The summed E-state index contributed by atoms with van der Waals surface area (Å²) >= 11 is 1.61. The third-order valence-corrected chi connectivity index (χ3v) is 5.21. The maximum Gasteiger partial charge on any atom is 0.221 e. The van der Waals surface area contributed by atoms with Crippen molar-refractivity contribution in [3.05, 3.63) is 29.5 Å². The Labute approximate surface area is 144 Å². The second-order valence-corrected chi connectivity index (χ2v) is 7.90. The molecule has 0 aromatic carbocycles. The first-order valence-electron chi connectivity index (χ1n) is 7.94. The van der Waals surface area contributed by atoms with E-state index in [-0.39, 0.29) is 5.41 Å². The molecule has 0 spiro atoms. The maximum absolute atomic E-state index is 5.38. The highest BCUT2D eigenvalue weighted by Crippen LogP contribution is 2.32. The van der Waals surface area contributed by atoms with Crippen molar-refractivity contribution in [3.63, 3.8) is 0 Å². The summed E-state index contributed by atoms with van der Waals surface area (Å²) in [6.07, 6.45) is 4.46. The normalized spacial score (nSPS) is 14.9. The lowest BCUT2D eigenvalue weighted by atomic mass is 9.93. The van der Waals surface area contributed by atoms with Gasteiger partial charge in [0.2, 0.25) is 16.0 Å². The Hall–Kier alpha value is -2.22. The van der Waals surface area contributed by atoms with Crippen LogP contribution < -0.4 is 9.64 Å². The number of hydrogen-bond donors (Lipinski definition) is 0. The van der Waals surface area contributed by atoms with E-state index in [1.54, 1.807) is 24.8 Å². The highest BCUT2D eigenvalue weighted by Gasteiger charge is 2.25. The Morgan fingerprint density at radius 3 is 2.79 bits per heavy atom. The van der Waals surface area contributed by atoms with E-state index in [1.807, 2.05) is 10.7 Å². The fraction of sp³-hybridized carbons (Fsp3) is 0.500. The molecule has 0 saturated heterocycles. The molecule has 1 aliphatic rings. The summed E-state index contributed by atoms with van der Waals surface area (Å²) in [5, 5.41) is 5.68. The van der Waals surface area contributed by atoms with E-state index in [1.165, 1.54) is 0 Å². The van der Waals surface area contributed by atoms with E-state index in [2.05, 4.69) is 35.6 Å². The lowest BCUT2D eigenvalue weighted by Gasteiger charge is -2.27. The smallest absolute Gasteiger partial charge is 0.221 e. The van der Waals surface area contributed by atoms with Crippen LogP contribution in [0.25, 0.3) is 4.96 Å². The zero-order valence-electron chi connectivity index (χ0n) is 14.3. The first kappa shape index (κ1) is 15.3. The predicted octanol–water partition coefficient (Wildman–Crippen LogP) is 2.45. The van der Waals surface area contributed by atoms with Crippen LogP contribution in [0.15, 0.2) is 12.5 Å². The molecule has 0 radical (unpaired) electrons. The highest BCUT2D eigenvalue weighted by atomic mass is 32.1. The average Bonchev–Trinajstić information content (AvgIpc) is 3.12. The molecule has 0 saturated carbocycles. The van der Waals surface area contributed by atoms with Crippen molar-refractivity contribution >= 4 is 21.4 Å². The molecular weight excluding hydrogens is 324 g/mol. The molecule has 3 aromatic rings. The highest BCUT2D eigenvalue weighted by molar-refractivity contribution is 7.20. The molecule has 0 amide bonds. The van der Waals surface area contributed by atoms with Crippen LogP contribution in [0.1, 0.15) is 37.7 Å². The van der Waals surface area contributed by atoms with Gasteiger partial charge in [0.25, 0.3) is 0 Å². The molecule has 0 bridgehead atoms. The second-order valence-electron chi connectivity index (χ2n) is 6.97. The van der Waals surface area contributed by atoms with Crippen LogP contribution in [0.4, 0.5) is 5.13 Å². The zero-order chi connectivity index (χ0) is 16.9. The van der Waals surface area contributed by atoms with Gasteiger partial charge in [0, 0.05) is 18.4 Å². The van der Waals surface area contributed by atoms with Crippen LogP contribution in [0.2, 0.25) is 0 Å². The summed E-state index contributed by atoms with van der Waals surface area (Å²) < 4.78 is 7.27. The molecule has 7 nitrogen and oxygen atoms in total. The van der Waals surface area contributed by atoms with Gasteiger partial charge in [0.1, 0.15) is 6.33 Å². The fourth-order valence-electron chi connectivity index (χ4n) is 2.83. The lowest BCUT2D eigenvalue weighted by Crippen LogP contribution is -2.31. The van der Waals surface area contributed by atoms with Crippen molar-refractivity contribution in [2.45, 2.75) is 39.2 Å². The number of rotatable bonds is 2. The first-order valence-corrected chi connectivity index (χ1v) is 8.76. The van der Waals surface area contributed by atoms with Gasteiger partial charge in [0.15, 0.2) is 0 Å². The molecule has 126 valence electrons. The van der Waals surface area contributed by atoms with Gasteiger partial charge in [-0.15, -0.1) is 5.10 Å². The molecule has 8 heteroatoms. The molecule has 4 heterocycles. The monoisotopic (exact) mass is 344 g/mol. The molecule has 0 aliphatic carbocycles. The Balaban J connectivity index is 1.65. The van der Waals surface area contributed by atoms with Crippen LogP contribution >= 0.6 is 11.3 Å². The summed E-state index contributed by atoms with van der Waals surface area (Å²) in [6.45, 7) is 8.08. The summed E-state index contributed by atoms with van der Waals surface area (Å²) in [4.78, 5) is 16.5. The van der Waals surface area contributed by atoms with Gasteiger partial charge in [-0.2, -0.15) is 0 Å². The van der Waals surface area contributed by atoms with Crippen LogP contribution in [0.5, 0.6) is 5.88 Å². The Bertz CT molecular complexity index is 848. The van der Waals surface area contributed by atoms with Gasteiger partial charge < -0.3 is 9.64 Å². The molecular formula is C16H20N6OS. The minimum Gasteiger partial charge on any atom is -0.481 e. The number of imidazole rings is 1. The third kappa shape index (κ3) is 2.50. The predicted molar refractivity (Wildman–Crippen MR) is 92.9 cm³/mol. The van der Waals surface area contributed by atoms with E-state index in [0.717, 1.165) is 40.0 Å². The number of nitrogens with zero attached hydrogens (tertiary/aromatic N) is 6. The van der Waals surface area contributed by atoms with Gasteiger partial charge in [-0.1, -0.05) is 32.1 Å². The number of aromatic nitrogens is 5. The zero-order valence-corrected chi connectivity index (χ0v) is 15.1. The molecule has 1 aliphatic heterocycles. The van der Waals surface area contributed by atoms with Crippen LogP contribution in [0, 0.1) is 0 Å². The van der Waals surface area contributed by atoms with Crippen molar-refractivity contribution in [2.24, 2.45) is 0 Å². The summed E-state index contributed by atoms with van der Waals surface area (Å²) in [5.41, 5.74) is 3.21. The summed E-state index contributed by atoms with van der Waals surface area (Å²) in [6, 6.07) is 0. The number of ether oxygens (including phenoxy) is 1. The van der Waals surface area contributed by atoms with E-state index in [9.17, 15) is 0 Å². The largest absolute Gasteiger partial charge is 0.481 e. The van der Waals surface area contributed by atoms with Gasteiger partial charge >= 0.3 is 0 Å². The molecule has 0 fully saturated rings. The molecule has 24 heavy (non-hydrogen) atoms. The summed E-state index contributed by atoms with van der Waals surface area (Å²) in [7, 11) is 1.65. The third-order valence-electron chi connectivity index (χ3n) is 4.23. The van der Waals surface area contributed by atoms with Gasteiger partial charge in [-0.3, -0.25) is 0 Å². The fourth-order valence-corrected chi connectivity index (χ4v) is 3.74. The van der Waals surface area contributed by atoms with Gasteiger partial charge in [-0.25, -0.2) is 19.5 Å². The van der Waals surface area contributed by atoms with Gasteiger partial charge in [0.05, 0.1) is 36.8 Å². The first-order chi connectivity index (χ1) is 11.5. The standard InChI is InChI=1S/C16H20N6OS/c1-16(2,3)12-8-22-14(19-12)24-15(20-22)21-6-5-11-10(7-21)13(23-4)18-9-17-11/h8-9H,5-7H2,1-4H3. The van der Waals surface area contributed by atoms with Crippen molar-refractivity contribution < 1.29 is 4.74 Å². The Morgan fingerprint density at radius 2 is 2.08 bits per heavy atom. The average molecular weight is 344 g/mol. The van der Waals surface area contributed by atoms with Crippen molar-refractivity contribution in [2.75, 3.05) is 18.6 Å². The second kappa shape index (κ2) is 5.41. The molecule has 0 atom stereocenters. The Kier molecular flexibility index (Phi) is 3.45. The number of anilines is 1. The molecule has 3 aromatic heterocycles. The van der Waals surface area contributed by atoms with E-state index in [0.29, 0.717) is 12.4 Å². The summed E-state index contributed by atoms with van der Waals surface area (Å²) in [5.74, 6) is 0.654. The molecule has 0 unspecified atom stereocenters. The van der Waals surface area contributed by atoms with E-state index < -0.39 is 0 Å². The van der Waals surface area contributed by atoms with Crippen LogP contribution in [-0.4, -0.2) is 38.2 Å². The van der Waals surface area contributed by atoms with Crippen molar-refractivity contribution in [1.82, 2.24) is 24.6 Å². The van der Waals surface area contributed by atoms with Gasteiger partial charge in [-0.05, 0) is 0 Å². The Morgan fingerprint density at radius 1 is 1.25 bits per heavy atom. The topological polar surface area (TPSA) is 68.4 Å². The number of hydrogen-bond acceptors (Lipinski definition) is 7. The van der Waals surface area contributed by atoms with Crippen molar-refractivity contribution in [3.8, 4) is 5.88 Å². The number of fused-ring (bicyclic) bond motifs is 2. The van der Waals surface area contributed by atoms with Crippen LogP contribution in [-0.2, 0) is 18.4 Å². The van der Waals surface area contributed by atoms with Crippen molar-refractivity contribution in [1.29, 1.82) is 0 Å². The van der Waals surface area contributed by atoms with E-state index in [4.69, 9.17) is 14.8 Å². The maximum atomic E-state index is 5.38. The van der Waals surface area contributed by atoms with Crippen LogP contribution in [0.3, 0.4) is 0 Å². The minimum absolute atomic E-state index is 0.0301. The molecule has 0 N–H and O–H groups in total. The molecule has 4 rings (SSSR count). The SMILES string of the molecule is COc1ncnc2c1CN(c1nn3cc(C(C)(C)C)nc3s1)CC2. The minimum atomic E-state index is 0.0301. The van der Waals surface area contributed by atoms with E-state index >= 15 is 0 Å². The quantitative estimate of drug-likeness (QED) is 0.711.